The van der Waals surface area contributed by atoms with Gasteiger partial charge in [0.05, 0.1) is 11.8 Å². The number of nitrogens with zero attached hydrogens (tertiary/aromatic N) is 1. The van der Waals surface area contributed by atoms with Gasteiger partial charge in [0, 0.05) is 0 Å². The number of rotatable bonds is 3. The Morgan fingerprint density at radius 2 is 2.29 bits per heavy atom. The van der Waals surface area contributed by atoms with Crippen LogP contribution in [-0.4, -0.2) is 5.54 Å². The summed E-state index contributed by atoms with van der Waals surface area (Å²) in [5.74, 6) is 0.0241. The summed E-state index contributed by atoms with van der Waals surface area (Å²) in [6, 6.07) is 8.93. The molecule has 1 aromatic rings. The largest absolute Gasteiger partial charge is 0.365 e. The summed E-state index contributed by atoms with van der Waals surface area (Å²) in [5.41, 5.74) is -0.147. The number of nitrogens with one attached hydrogen (secondary N) is 1. The van der Waals surface area contributed by atoms with Crippen molar-refractivity contribution in [3.8, 4) is 6.07 Å². The number of hydrogen-bond donors (Lipinski definition) is 1. The van der Waals surface area contributed by atoms with Gasteiger partial charge in [-0.3, -0.25) is 0 Å². The number of hydrogen-bond acceptors (Lipinski definition) is 2. The first-order valence-corrected chi connectivity index (χ1v) is 6.16. The fourth-order valence-electron chi connectivity index (χ4n) is 2.77. The molecule has 0 heterocycles. The van der Waals surface area contributed by atoms with Crippen molar-refractivity contribution in [3.63, 3.8) is 0 Å². The highest BCUT2D eigenvalue weighted by Crippen LogP contribution is 2.40. The second-order valence-corrected chi connectivity index (χ2v) is 4.69. The molecule has 2 rings (SSSR count). The van der Waals surface area contributed by atoms with Crippen LogP contribution in [-0.2, 0) is 0 Å². The summed E-state index contributed by atoms with van der Waals surface area (Å²) in [7, 11) is 0. The molecule has 1 saturated carbocycles. The van der Waals surface area contributed by atoms with Crippen molar-refractivity contribution in [2.24, 2.45) is 5.92 Å². The van der Waals surface area contributed by atoms with E-state index in [4.69, 9.17) is 0 Å². The third-order valence-corrected chi connectivity index (χ3v) is 3.74. The van der Waals surface area contributed by atoms with E-state index in [2.05, 4.69) is 18.3 Å². The van der Waals surface area contributed by atoms with Gasteiger partial charge in [-0.25, -0.2) is 4.39 Å². The van der Waals surface area contributed by atoms with Gasteiger partial charge in [-0.1, -0.05) is 25.5 Å². The highest BCUT2D eigenvalue weighted by atomic mass is 19.1. The molecule has 0 amide bonds. The molecule has 1 aromatic carbocycles. The molecule has 17 heavy (non-hydrogen) atoms. The molecule has 0 bridgehead atoms. The van der Waals surface area contributed by atoms with Crippen molar-refractivity contribution < 1.29 is 4.39 Å². The maximum Gasteiger partial charge on any atom is 0.146 e. The van der Waals surface area contributed by atoms with Gasteiger partial charge >= 0.3 is 0 Å². The summed E-state index contributed by atoms with van der Waals surface area (Å²) in [5, 5.41) is 12.6. The van der Waals surface area contributed by atoms with Crippen molar-refractivity contribution in [1.29, 1.82) is 5.26 Å². The zero-order valence-corrected chi connectivity index (χ0v) is 10.0. The minimum absolute atomic E-state index is 0.288. The first-order chi connectivity index (χ1) is 8.22. The first-order valence-electron chi connectivity index (χ1n) is 6.16. The van der Waals surface area contributed by atoms with E-state index in [0.717, 1.165) is 25.7 Å². The standard InChI is InChI=1S/C14H17FN2/c1-2-11-6-5-9-14(11,10-16)17-13-8-4-3-7-12(13)15/h3-4,7-8,11,17H,2,5-6,9H2,1H3. The summed E-state index contributed by atoms with van der Waals surface area (Å²) >= 11 is 0. The summed E-state index contributed by atoms with van der Waals surface area (Å²) < 4.78 is 13.6. The second kappa shape index (κ2) is 4.75. The first kappa shape index (κ1) is 11.9. The molecule has 2 unspecified atom stereocenters. The Bertz CT molecular complexity index is 438. The molecular weight excluding hydrogens is 215 g/mol. The van der Waals surface area contributed by atoms with Crippen LogP contribution in [0.25, 0.3) is 0 Å². The summed E-state index contributed by atoms with van der Waals surface area (Å²) in [6.45, 7) is 2.09. The average molecular weight is 232 g/mol. The lowest BCUT2D eigenvalue weighted by Crippen LogP contribution is -2.40. The fraction of sp³-hybridized carbons (Fsp3) is 0.500. The Balaban J connectivity index is 2.27. The van der Waals surface area contributed by atoms with Gasteiger partial charge < -0.3 is 5.32 Å². The molecule has 0 aliphatic heterocycles. The van der Waals surface area contributed by atoms with Gasteiger partial charge in [0.1, 0.15) is 11.4 Å². The van der Waals surface area contributed by atoms with Crippen molar-refractivity contribution in [2.75, 3.05) is 5.32 Å². The van der Waals surface area contributed by atoms with Gasteiger partial charge in [0.25, 0.3) is 0 Å². The van der Waals surface area contributed by atoms with Crippen LogP contribution in [0.1, 0.15) is 32.6 Å². The molecule has 90 valence electrons. The van der Waals surface area contributed by atoms with Crippen molar-refractivity contribution in [3.05, 3.63) is 30.1 Å². The average Bonchev–Trinajstić information content (AvgIpc) is 2.75. The molecule has 0 spiro atoms. The Morgan fingerprint density at radius 3 is 2.94 bits per heavy atom. The predicted molar refractivity (Wildman–Crippen MR) is 66.0 cm³/mol. The van der Waals surface area contributed by atoms with Gasteiger partial charge in [-0.05, 0) is 37.3 Å². The number of halogens is 1. The van der Waals surface area contributed by atoms with E-state index in [0.29, 0.717) is 11.6 Å². The second-order valence-electron chi connectivity index (χ2n) is 4.69. The molecule has 1 N–H and O–H groups in total. The summed E-state index contributed by atoms with van der Waals surface area (Å²) in [4.78, 5) is 0. The van der Waals surface area contributed by atoms with Gasteiger partial charge in [0.2, 0.25) is 0 Å². The lowest BCUT2D eigenvalue weighted by Gasteiger charge is -2.30. The molecule has 0 aromatic heterocycles. The van der Waals surface area contributed by atoms with Crippen LogP contribution in [0, 0.1) is 23.1 Å². The van der Waals surface area contributed by atoms with Crippen molar-refractivity contribution >= 4 is 5.69 Å². The zero-order chi connectivity index (χ0) is 12.3. The molecule has 2 nitrogen and oxygen atoms in total. The SMILES string of the molecule is CCC1CCCC1(C#N)Nc1ccccc1F. The Kier molecular flexibility index (Phi) is 3.33. The van der Waals surface area contributed by atoms with E-state index < -0.39 is 5.54 Å². The van der Waals surface area contributed by atoms with Crippen molar-refractivity contribution in [1.82, 2.24) is 0 Å². The molecule has 3 heteroatoms. The molecule has 1 aliphatic carbocycles. The summed E-state index contributed by atoms with van der Waals surface area (Å²) in [6.07, 6.45) is 3.84. The topological polar surface area (TPSA) is 35.8 Å². The fourth-order valence-corrected chi connectivity index (χ4v) is 2.77. The molecule has 2 atom stereocenters. The number of benzene rings is 1. The normalized spacial score (nSPS) is 27.7. The minimum Gasteiger partial charge on any atom is -0.365 e. The third-order valence-electron chi connectivity index (χ3n) is 3.74. The van der Waals surface area contributed by atoms with Crippen LogP contribution in [0.15, 0.2) is 24.3 Å². The minimum atomic E-state index is -0.586. The number of nitriles is 1. The van der Waals surface area contributed by atoms with E-state index in [1.54, 1.807) is 18.2 Å². The number of anilines is 1. The quantitative estimate of drug-likeness (QED) is 0.862. The highest BCUT2D eigenvalue weighted by Gasteiger charge is 2.42. The van der Waals surface area contributed by atoms with Gasteiger partial charge in [-0.2, -0.15) is 5.26 Å². The third kappa shape index (κ3) is 2.12. The monoisotopic (exact) mass is 232 g/mol. The molecule has 0 saturated heterocycles. The van der Waals surface area contributed by atoms with Crippen LogP contribution >= 0.6 is 0 Å². The highest BCUT2D eigenvalue weighted by molar-refractivity contribution is 5.49. The van der Waals surface area contributed by atoms with Gasteiger partial charge in [0.15, 0.2) is 0 Å². The van der Waals surface area contributed by atoms with Crippen molar-refractivity contribution in [2.45, 2.75) is 38.1 Å². The zero-order valence-electron chi connectivity index (χ0n) is 10.0. The maximum absolute atomic E-state index is 13.6. The van der Waals surface area contributed by atoms with E-state index in [1.165, 1.54) is 6.07 Å². The number of para-hydroxylation sites is 1. The van der Waals surface area contributed by atoms with Crippen LogP contribution in [0.5, 0.6) is 0 Å². The maximum atomic E-state index is 13.6. The van der Waals surface area contributed by atoms with Crippen LogP contribution in [0.4, 0.5) is 10.1 Å². The van der Waals surface area contributed by atoms with E-state index in [9.17, 15) is 9.65 Å². The smallest absolute Gasteiger partial charge is 0.146 e. The molecule has 1 fully saturated rings. The molecule has 0 radical (unpaired) electrons. The Morgan fingerprint density at radius 1 is 1.53 bits per heavy atom. The van der Waals surface area contributed by atoms with Gasteiger partial charge in [-0.15, -0.1) is 0 Å². The Labute approximate surface area is 101 Å². The lowest BCUT2D eigenvalue weighted by atomic mass is 9.86. The molecule has 1 aliphatic rings. The predicted octanol–water partition coefficient (Wildman–Crippen LogP) is 3.71. The lowest BCUT2D eigenvalue weighted by molar-refractivity contribution is 0.412. The van der Waals surface area contributed by atoms with Crippen LogP contribution in [0.3, 0.4) is 0 Å². The van der Waals surface area contributed by atoms with Crippen LogP contribution < -0.4 is 5.32 Å². The van der Waals surface area contributed by atoms with E-state index in [-0.39, 0.29) is 5.82 Å². The van der Waals surface area contributed by atoms with E-state index >= 15 is 0 Å². The van der Waals surface area contributed by atoms with E-state index in [1.807, 2.05) is 0 Å². The van der Waals surface area contributed by atoms with Crippen LogP contribution in [0.2, 0.25) is 0 Å². The Hall–Kier alpha value is -1.56. The molecular formula is C14H17FN2.